The van der Waals surface area contributed by atoms with E-state index >= 15 is 0 Å². The average molecular weight is 258 g/mol. The van der Waals surface area contributed by atoms with Crippen LogP contribution in [0.2, 0.25) is 0 Å². The van der Waals surface area contributed by atoms with Crippen molar-refractivity contribution < 1.29 is 9.90 Å². The molecule has 0 saturated carbocycles. The van der Waals surface area contributed by atoms with Gasteiger partial charge in [0.1, 0.15) is 5.56 Å². The zero-order chi connectivity index (χ0) is 13.0. The minimum Gasteiger partial charge on any atom is -0.477 e. The number of aromatic nitrogens is 2. The quantitative estimate of drug-likeness (QED) is 0.789. The van der Waals surface area contributed by atoms with E-state index in [9.17, 15) is 14.4 Å². The first-order chi connectivity index (χ1) is 7.95. The highest BCUT2D eigenvalue weighted by molar-refractivity contribution is 7.98. The topological polar surface area (TPSA) is 92.2 Å². The third kappa shape index (κ3) is 3.48. The van der Waals surface area contributed by atoms with E-state index < -0.39 is 22.8 Å². The second-order valence-corrected chi connectivity index (χ2v) is 4.73. The molecule has 6 nitrogen and oxygen atoms in total. The van der Waals surface area contributed by atoms with Crippen molar-refractivity contribution in [2.75, 3.05) is 12.0 Å². The van der Waals surface area contributed by atoms with E-state index in [1.165, 1.54) is 4.57 Å². The number of nitrogens with zero attached hydrogens (tertiary/aromatic N) is 1. The fourth-order valence-electron chi connectivity index (χ4n) is 1.47. The van der Waals surface area contributed by atoms with Crippen LogP contribution < -0.4 is 11.2 Å². The van der Waals surface area contributed by atoms with Crippen molar-refractivity contribution >= 4 is 17.7 Å². The van der Waals surface area contributed by atoms with E-state index in [1.54, 1.807) is 11.8 Å². The molecular formula is C10H14N2O4S. The Hall–Kier alpha value is -1.50. The summed E-state index contributed by atoms with van der Waals surface area (Å²) in [6, 6.07) is 0. The summed E-state index contributed by atoms with van der Waals surface area (Å²) < 4.78 is 1.23. The summed E-state index contributed by atoms with van der Waals surface area (Å²) in [7, 11) is 0. The third-order valence-corrected chi connectivity index (χ3v) is 3.10. The first-order valence-electron chi connectivity index (χ1n) is 5.01. The van der Waals surface area contributed by atoms with Crippen molar-refractivity contribution in [2.45, 2.75) is 13.5 Å². The minimum atomic E-state index is -1.34. The van der Waals surface area contributed by atoms with Gasteiger partial charge in [-0.1, -0.05) is 6.92 Å². The molecule has 0 saturated heterocycles. The summed E-state index contributed by atoms with van der Waals surface area (Å²) >= 11 is 1.64. The van der Waals surface area contributed by atoms with Crippen LogP contribution in [0.1, 0.15) is 17.3 Å². The monoisotopic (exact) mass is 258 g/mol. The van der Waals surface area contributed by atoms with Gasteiger partial charge in [-0.25, -0.2) is 9.59 Å². The Bertz CT molecular complexity index is 520. The normalized spacial score (nSPS) is 12.4. The Balaban J connectivity index is 3.08. The molecule has 2 N–H and O–H groups in total. The van der Waals surface area contributed by atoms with E-state index in [0.29, 0.717) is 6.54 Å². The molecule has 0 aliphatic carbocycles. The maximum absolute atomic E-state index is 11.5. The van der Waals surface area contributed by atoms with Gasteiger partial charge in [-0.3, -0.25) is 14.3 Å². The smallest absolute Gasteiger partial charge is 0.342 e. The number of aromatic carboxylic acids is 1. The minimum absolute atomic E-state index is 0.218. The lowest BCUT2D eigenvalue weighted by Gasteiger charge is -2.11. The number of hydrogen-bond acceptors (Lipinski definition) is 4. The number of rotatable bonds is 5. The molecule has 0 fully saturated rings. The van der Waals surface area contributed by atoms with E-state index in [-0.39, 0.29) is 5.92 Å². The summed E-state index contributed by atoms with van der Waals surface area (Å²) in [5.41, 5.74) is -1.86. The summed E-state index contributed by atoms with van der Waals surface area (Å²) in [5, 5.41) is 8.78. The molecule has 0 bridgehead atoms. The van der Waals surface area contributed by atoms with Crippen LogP contribution in [0.4, 0.5) is 0 Å². The van der Waals surface area contributed by atoms with Crippen LogP contribution in [0.25, 0.3) is 0 Å². The molecule has 1 aromatic rings. The molecule has 7 heteroatoms. The van der Waals surface area contributed by atoms with Crippen LogP contribution in [-0.2, 0) is 6.54 Å². The lowest BCUT2D eigenvalue weighted by Crippen LogP contribution is -2.34. The Morgan fingerprint density at radius 2 is 2.24 bits per heavy atom. The zero-order valence-electron chi connectivity index (χ0n) is 9.60. The number of nitrogens with one attached hydrogen (secondary N) is 1. The zero-order valence-corrected chi connectivity index (χ0v) is 10.4. The third-order valence-electron chi connectivity index (χ3n) is 2.20. The molecule has 1 rings (SSSR count). The van der Waals surface area contributed by atoms with Crippen molar-refractivity contribution in [1.82, 2.24) is 9.55 Å². The van der Waals surface area contributed by atoms with Crippen molar-refractivity contribution in [3.63, 3.8) is 0 Å². The van der Waals surface area contributed by atoms with Crippen molar-refractivity contribution in [1.29, 1.82) is 0 Å². The molecule has 0 spiro atoms. The van der Waals surface area contributed by atoms with Gasteiger partial charge in [0.15, 0.2) is 0 Å². The van der Waals surface area contributed by atoms with Crippen molar-refractivity contribution in [2.24, 2.45) is 5.92 Å². The van der Waals surface area contributed by atoms with Gasteiger partial charge in [0.2, 0.25) is 0 Å². The van der Waals surface area contributed by atoms with Crippen LogP contribution in [-0.4, -0.2) is 32.6 Å². The Labute approximate surface area is 102 Å². The van der Waals surface area contributed by atoms with E-state index in [2.05, 4.69) is 0 Å². The van der Waals surface area contributed by atoms with E-state index in [4.69, 9.17) is 5.11 Å². The number of carbonyl (C=O) groups is 1. The number of aromatic amines is 1. The van der Waals surface area contributed by atoms with Gasteiger partial charge in [-0.05, 0) is 17.9 Å². The predicted molar refractivity (Wildman–Crippen MR) is 65.8 cm³/mol. The van der Waals surface area contributed by atoms with Crippen LogP contribution in [0.3, 0.4) is 0 Å². The van der Waals surface area contributed by atoms with Crippen molar-refractivity contribution in [3.8, 4) is 0 Å². The molecule has 1 unspecified atom stereocenters. The summed E-state index contributed by atoms with van der Waals surface area (Å²) in [6.07, 6.45) is 3.05. The summed E-state index contributed by atoms with van der Waals surface area (Å²) in [4.78, 5) is 35.4. The van der Waals surface area contributed by atoms with Crippen LogP contribution in [0, 0.1) is 5.92 Å². The second-order valence-electron chi connectivity index (χ2n) is 3.82. The van der Waals surface area contributed by atoms with Gasteiger partial charge in [0, 0.05) is 12.7 Å². The number of carboxylic acids is 1. The standard InChI is InChI=1S/C10H14N2O4S/c1-6(5-17-2)3-12-4-7(9(14)15)8(13)11-10(12)16/h4,6H,3,5H2,1-2H3,(H,14,15)(H,11,13,16). The van der Waals surface area contributed by atoms with Gasteiger partial charge in [-0.15, -0.1) is 0 Å². The van der Waals surface area contributed by atoms with Crippen molar-refractivity contribution in [3.05, 3.63) is 32.6 Å². The first-order valence-corrected chi connectivity index (χ1v) is 6.41. The molecule has 0 aromatic carbocycles. The van der Waals surface area contributed by atoms with Gasteiger partial charge in [0.05, 0.1) is 0 Å². The number of hydrogen-bond donors (Lipinski definition) is 2. The molecule has 0 amide bonds. The molecule has 0 aliphatic heterocycles. The number of H-pyrrole nitrogens is 1. The molecule has 1 atom stereocenters. The molecule has 1 aromatic heterocycles. The summed E-state index contributed by atoms with van der Waals surface area (Å²) in [6.45, 7) is 2.34. The van der Waals surface area contributed by atoms with Gasteiger partial charge in [0.25, 0.3) is 5.56 Å². The maximum Gasteiger partial charge on any atom is 0.342 e. The highest BCUT2D eigenvalue weighted by atomic mass is 32.2. The fourth-order valence-corrected chi connectivity index (χ4v) is 2.14. The molecule has 1 heterocycles. The van der Waals surface area contributed by atoms with Crippen LogP contribution in [0.15, 0.2) is 15.8 Å². The Kier molecular flexibility index (Phi) is 4.56. The van der Waals surface area contributed by atoms with Gasteiger partial charge >= 0.3 is 11.7 Å². The molecule has 0 radical (unpaired) electrons. The molecular weight excluding hydrogens is 244 g/mol. The summed E-state index contributed by atoms with van der Waals surface area (Å²) in [5.74, 6) is -0.263. The van der Waals surface area contributed by atoms with Crippen LogP contribution in [0.5, 0.6) is 0 Å². The van der Waals surface area contributed by atoms with Crippen LogP contribution >= 0.6 is 11.8 Å². The van der Waals surface area contributed by atoms with E-state index in [0.717, 1.165) is 11.9 Å². The van der Waals surface area contributed by atoms with E-state index in [1.807, 2.05) is 18.2 Å². The molecule has 94 valence electrons. The molecule has 17 heavy (non-hydrogen) atoms. The highest BCUT2D eigenvalue weighted by Gasteiger charge is 2.12. The highest BCUT2D eigenvalue weighted by Crippen LogP contribution is 2.06. The Morgan fingerprint density at radius 1 is 1.59 bits per heavy atom. The predicted octanol–water partition coefficient (Wildman–Crippen LogP) is 0.234. The lowest BCUT2D eigenvalue weighted by molar-refractivity contribution is 0.0693. The van der Waals surface area contributed by atoms with Gasteiger partial charge in [-0.2, -0.15) is 11.8 Å². The number of carboxylic acid groups (broad SMARTS) is 1. The molecule has 0 aliphatic rings. The fraction of sp³-hybridized carbons (Fsp3) is 0.500. The average Bonchev–Trinajstić information content (AvgIpc) is 2.21. The lowest BCUT2D eigenvalue weighted by atomic mass is 10.2. The number of thioether (sulfide) groups is 1. The van der Waals surface area contributed by atoms with Gasteiger partial charge < -0.3 is 5.11 Å². The maximum atomic E-state index is 11.5. The first kappa shape index (κ1) is 13.6. The SMILES string of the molecule is CSCC(C)Cn1cc(C(=O)O)c(=O)[nH]c1=O. The second kappa shape index (κ2) is 5.72. The Morgan fingerprint density at radius 3 is 2.76 bits per heavy atom. The largest absolute Gasteiger partial charge is 0.477 e.